The number of aryl methyl sites for hydroxylation is 1. The lowest BCUT2D eigenvalue weighted by molar-refractivity contribution is -0.116. The fourth-order valence-electron chi connectivity index (χ4n) is 2.29. The Balaban J connectivity index is 1.86. The number of nitrogens with one attached hydrogen (secondary N) is 2. The molecule has 132 valence electrons. The molecule has 1 amide bonds. The van der Waals surface area contributed by atoms with Crippen molar-refractivity contribution in [1.29, 1.82) is 0 Å². The Morgan fingerprint density at radius 2 is 1.52 bits per heavy atom. The van der Waals surface area contributed by atoms with Gasteiger partial charge < -0.3 is 15.5 Å². The maximum Gasteiger partial charge on any atom is 0.243 e. The Labute approximate surface area is 155 Å². The number of hydrogen-bond donors (Lipinski definition) is 2. The minimum atomic E-state index is -0.106. The van der Waals surface area contributed by atoms with Gasteiger partial charge in [-0.05, 0) is 54.9 Å². The van der Waals surface area contributed by atoms with Crippen LogP contribution in [0.25, 0.3) is 0 Å². The van der Waals surface area contributed by atoms with Crippen molar-refractivity contribution >= 4 is 34.6 Å². The molecule has 0 aliphatic carbocycles. The second-order valence-corrected chi connectivity index (χ2v) is 6.86. The molecular weight excluding hydrogens is 330 g/mol. The number of nitrogens with zero attached hydrogens (tertiary/aromatic N) is 1. The van der Waals surface area contributed by atoms with E-state index in [9.17, 15) is 4.79 Å². The summed E-state index contributed by atoms with van der Waals surface area (Å²) in [5, 5.41) is 6.54. The predicted molar refractivity (Wildman–Crippen MR) is 109 cm³/mol. The Hall–Kier alpha value is -2.40. The fraction of sp³-hybridized carbons (Fsp3) is 0.300. The van der Waals surface area contributed by atoms with Crippen LogP contribution in [-0.2, 0) is 4.79 Å². The zero-order chi connectivity index (χ0) is 18.4. The number of benzene rings is 2. The molecule has 5 heteroatoms. The quantitative estimate of drug-likeness (QED) is 0.781. The number of hydrogen-bond acceptors (Lipinski definition) is 2. The SMILES string of the molecule is Cc1ccc(NC(=O)CN(C)C(=S)Nc2ccc(C(C)C)cc2)cc1. The van der Waals surface area contributed by atoms with Crippen LogP contribution in [0.15, 0.2) is 48.5 Å². The zero-order valence-corrected chi connectivity index (χ0v) is 16.0. The summed E-state index contributed by atoms with van der Waals surface area (Å²) in [4.78, 5) is 13.9. The highest BCUT2D eigenvalue weighted by atomic mass is 32.1. The molecule has 0 aliphatic heterocycles. The van der Waals surface area contributed by atoms with E-state index in [4.69, 9.17) is 12.2 Å². The summed E-state index contributed by atoms with van der Waals surface area (Å²) >= 11 is 5.38. The van der Waals surface area contributed by atoms with Crippen molar-refractivity contribution in [2.45, 2.75) is 26.7 Å². The fourth-order valence-corrected chi connectivity index (χ4v) is 2.48. The molecule has 2 rings (SSSR count). The van der Waals surface area contributed by atoms with Crippen LogP contribution >= 0.6 is 12.2 Å². The lowest BCUT2D eigenvalue weighted by Crippen LogP contribution is -2.37. The molecule has 0 heterocycles. The van der Waals surface area contributed by atoms with E-state index in [-0.39, 0.29) is 12.5 Å². The Kier molecular flexibility index (Phi) is 6.53. The number of carbonyl (C=O) groups excluding carboxylic acids is 1. The first kappa shape index (κ1) is 18.9. The number of likely N-dealkylation sites (N-methyl/N-ethyl adjacent to an activating group) is 1. The van der Waals surface area contributed by atoms with Crippen molar-refractivity contribution in [2.75, 3.05) is 24.2 Å². The van der Waals surface area contributed by atoms with E-state index in [0.29, 0.717) is 11.0 Å². The van der Waals surface area contributed by atoms with E-state index < -0.39 is 0 Å². The number of thiocarbonyl (C=S) groups is 1. The van der Waals surface area contributed by atoms with Gasteiger partial charge in [0.25, 0.3) is 0 Å². The number of carbonyl (C=O) groups is 1. The molecule has 0 fully saturated rings. The maximum atomic E-state index is 12.1. The van der Waals surface area contributed by atoms with Crippen molar-refractivity contribution < 1.29 is 4.79 Å². The largest absolute Gasteiger partial charge is 0.343 e. The number of amides is 1. The third-order valence-corrected chi connectivity index (χ3v) is 4.31. The first-order valence-electron chi connectivity index (χ1n) is 8.33. The van der Waals surface area contributed by atoms with Crippen LogP contribution in [-0.4, -0.2) is 29.5 Å². The van der Waals surface area contributed by atoms with E-state index in [1.165, 1.54) is 5.56 Å². The van der Waals surface area contributed by atoms with Crippen molar-refractivity contribution in [2.24, 2.45) is 0 Å². The molecule has 0 saturated heterocycles. The zero-order valence-electron chi connectivity index (χ0n) is 15.2. The van der Waals surface area contributed by atoms with E-state index in [1.54, 1.807) is 11.9 Å². The molecule has 2 aromatic carbocycles. The van der Waals surface area contributed by atoms with Gasteiger partial charge in [0.2, 0.25) is 5.91 Å². The summed E-state index contributed by atoms with van der Waals surface area (Å²) in [6, 6.07) is 15.9. The molecule has 0 spiro atoms. The predicted octanol–water partition coefficient (Wildman–Crippen LogP) is 4.39. The first-order valence-corrected chi connectivity index (χ1v) is 8.74. The van der Waals surface area contributed by atoms with Crippen LogP contribution in [0.3, 0.4) is 0 Å². The van der Waals surface area contributed by atoms with E-state index >= 15 is 0 Å². The molecule has 4 nitrogen and oxygen atoms in total. The smallest absolute Gasteiger partial charge is 0.243 e. The van der Waals surface area contributed by atoms with Crippen LogP contribution in [0.1, 0.15) is 30.9 Å². The highest BCUT2D eigenvalue weighted by Gasteiger charge is 2.10. The highest BCUT2D eigenvalue weighted by molar-refractivity contribution is 7.80. The molecule has 2 aromatic rings. The van der Waals surface area contributed by atoms with Crippen molar-refractivity contribution in [1.82, 2.24) is 4.90 Å². The highest BCUT2D eigenvalue weighted by Crippen LogP contribution is 2.17. The third-order valence-electron chi connectivity index (χ3n) is 3.89. The van der Waals surface area contributed by atoms with Crippen LogP contribution in [0, 0.1) is 6.92 Å². The summed E-state index contributed by atoms with van der Waals surface area (Å²) in [5.74, 6) is 0.389. The Morgan fingerprint density at radius 1 is 1.00 bits per heavy atom. The van der Waals surface area contributed by atoms with Crippen LogP contribution < -0.4 is 10.6 Å². The van der Waals surface area contributed by atoms with Gasteiger partial charge in [-0.1, -0.05) is 43.7 Å². The molecule has 0 aliphatic rings. The first-order chi connectivity index (χ1) is 11.8. The van der Waals surface area contributed by atoms with E-state index in [0.717, 1.165) is 16.9 Å². The van der Waals surface area contributed by atoms with Crippen molar-refractivity contribution in [3.63, 3.8) is 0 Å². The molecule has 25 heavy (non-hydrogen) atoms. The lowest BCUT2D eigenvalue weighted by atomic mass is 10.0. The van der Waals surface area contributed by atoms with Gasteiger partial charge >= 0.3 is 0 Å². The second kappa shape index (κ2) is 8.62. The van der Waals surface area contributed by atoms with E-state index in [2.05, 4.69) is 36.6 Å². The molecule has 0 aromatic heterocycles. The van der Waals surface area contributed by atoms with Crippen LogP contribution in [0.4, 0.5) is 11.4 Å². The summed E-state index contributed by atoms with van der Waals surface area (Å²) < 4.78 is 0. The number of rotatable bonds is 5. The average Bonchev–Trinajstić information content (AvgIpc) is 2.57. The van der Waals surface area contributed by atoms with Gasteiger partial charge in [-0.25, -0.2) is 0 Å². The van der Waals surface area contributed by atoms with Crippen LogP contribution in [0.2, 0.25) is 0 Å². The lowest BCUT2D eigenvalue weighted by Gasteiger charge is -2.21. The van der Waals surface area contributed by atoms with Gasteiger partial charge in [0.05, 0.1) is 6.54 Å². The van der Waals surface area contributed by atoms with E-state index in [1.807, 2.05) is 43.3 Å². The molecule has 0 radical (unpaired) electrons. The summed E-state index contributed by atoms with van der Waals surface area (Å²) in [6.45, 7) is 6.52. The molecule has 0 saturated carbocycles. The molecule has 2 N–H and O–H groups in total. The third kappa shape index (κ3) is 5.87. The van der Waals surface area contributed by atoms with Gasteiger partial charge in [0, 0.05) is 18.4 Å². The second-order valence-electron chi connectivity index (χ2n) is 6.48. The van der Waals surface area contributed by atoms with Gasteiger partial charge in [-0.15, -0.1) is 0 Å². The van der Waals surface area contributed by atoms with Gasteiger partial charge in [-0.3, -0.25) is 4.79 Å². The molecule has 0 unspecified atom stereocenters. The number of anilines is 2. The Morgan fingerprint density at radius 3 is 2.08 bits per heavy atom. The average molecular weight is 356 g/mol. The molecule has 0 atom stereocenters. The topological polar surface area (TPSA) is 44.4 Å². The molecule has 0 bridgehead atoms. The normalized spacial score (nSPS) is 10.4. The van der Waals surface area contributed by atoms with Gasteiger partial charge in [0.15, 0.2) is 5.11 Å². The minimum absolute atomic E-state index is 0.106. The van der Waals surface area contributed by atoms with Crippen molar-refractivity contribution in [3.05, 3.63) is 59.7 Å². The summed E-state index contributed by atoms with van der Waals surface area (Å²) in [7, 11) is 1.80. The van der Waals surface area contributed by atoms with Gasteiger partial charge in [-0.2, -0.15) is 0 Å². The van der Waals surface area contributed by atoms with Crippen molar-refractivity contribution in [3.8, 4) is 0 Å². The standard InChI is InChI=1S/C20H25N3OS/c1-14(2)16-7-11-18(12-8-16)22-20(25)23(4)13-19(24)21-17-9-5-15(3)6-10-17/h5-12,14H,13H2,1-4H3,(H,21,24)(H,22,25). The summed E-state index contributed by atoms with van der Waals surface area (Å²) in [5.41, 5.74) is 4.14. The van der Waals surface area contributed by atoms with Crippen LogP contribution in [0.5, 0.6) is 0 Å². The maximum absolute atomic E-state index is 12.1. The Bertz CT molecular complexity index is 724. The molecular formula is C20H25N3OS. The van der Waals surface area contributed by atoms with Gasteiger partial charge in [0.1, 0.15) is 0 Å². The monoisotopic (exact) mass is 355 g/mol. The minimum Gasteiger partial charge on any atom is -0.343 e. The summed E-state index contributed by atoms with van der Waals surface area (Å²) in [6.07, 6.45) is 0.